The highest BCUT2D eigenvalue weighted by Gasteiger charge is 2.48. The molecule has 0 saturated heterocycles. The molecule has 1 aliphatic carbocycles. The first-order valence-corrected chi connectivity index (χ1v) is 5.53. The quantitative estimate of drug-likeness (QED) is 0.494. The molecule has 0 spiro atoms. The number of carbonyl (C=O) groups excluding carboxylic acids is 1. The van der Waals surface area contributed by atoms with Gasteiger partial charge in [0.1, 0.15) is 5.54 Å². The molecule has 0 unspecified atom stereocenters. The van der Waals surface area contributed by atoms with E-state index in [4.69, 9.17) is 0 Å². The fourth-order valence-electron chi connectivity index (χ4n) is 2.30. The number of nitrogens with zero attached hydrogens (tertiary/aromatic N) is 1. The molecule has 7 heteroatoms. The number of benzene rings is 1. The Bertz CT molecular complexity index is 558. The second kappa shape index (κ2) is 4.28. The van der Waals surface area contributed by atoms with Gasteiger partial charge in [-0.2, -0.15) is 18.2 Å². The first-order chi connectivity index (χ1) is 8.82. The smallest absolute Gasteiger partial charge is 0.416 e. The summed E-state index contributed by atoms with van der Waals surface area (Å²) in [6.07, 6.45) is -2.48. The SMILES string of the molecule is O=C=NC1(c2c(C(F)(F)F)ccc(O)c2O)CCC1. The Morgan fingerprint density at radius 3 is 2.32 bits per heavy atom. The predicted molar refractivity (Wildman–Crippen MR) is 58.4 cm³/mol. The molecule has 19 heavy (non-hydrogen) atoms. The number of aromatic hydroxyl groups is 2. The first-order valence-electron chi connectivity index (χ1n) is 5.53. The molecule has 0 aliphatic heterocycles. The highest BCUT2D eigenvalue weighted by Crippen LogP contribution is 2.53. The lowest BCUT2D eigenvalue weighted by Gasteiger charge is -2.38. The maximum Gasteiger partial charge on any atom is 0.416 e. The third kappa shape index (κ3) is 2.06. The van der Waals surface area contributed by atoms with Crippen molar-refractivity contribution in [2.75, 3.05) is 0 Å². The minimum absolute atomic E-state index is 0.197. The fraction of sp³-hybridized carbons (Fsp3) is 0.417. The molecule has 1 fully saturated rings. The summed E-state index contributed by atoms with van der Waals surface area (Å²) in [6, 6.07) is 1.43. The van der Waals surface area contributed by atoms with Crippen LogP contribution in [0, 0.1) is 0 Å². The van der Waals surface area contributed by atoms with Gasteiger partial charge in [0.25, 0.3) is 0 Å². The summed E-state index contributed by atoms with van der Waals surface area (Å²) >= 11 is 0. The van der Waals surface area contributed by atoms with Crippen LogP contribution in [0.5, 0.6) is 11.5 Å². The summed E-state index contributed by atoms with van der Waals surface area (Å²) in [4.78, 5) is 13.9. The molecule has 0 bridgehead atoms. The molecule has 1 aliphatic rings. The Balaban J connectivity index is 2.73. The lowest BCUT2D eigenvalue weighted by molar-refractivity contribution is -0.139. The maximum atomic E-state index is 13.0. The number of halogens is 3. The van der Waals surface area contributed by atoms with Crippen molar-refractivity contribution >= 4 is 6.08 Å². The third-order valence-electron chi connectivity index (χ3n) is 3.37. The highest BCUT2D eigenvalue weighted by atomic mass is 19.4. The standard InChI is InChI=1S/C12H10F3NO3/c13-12(14,15)7-2-3-8(18)10(19)9(7)11(16-6-17)4-1-5-11/h2-3,18-19H,1,4-5H2. The van der Waals surface area contributed by atoms with Crippen molar-refractivity contribution in [2.24, 2.45) is 4.99 Å². The summed E-state index contributed by atoms with van der Waals surface area (Å²) in [5.41, 5.74) is -3.08. The summed E-state index contributed by atoms with van der Waals surface area (Å²) in [6.45, 7) is 0. The van der Waals surface area contributed by atoms with E-state index in [9.17, 15) is 28.2 Å². The van der Waals surface area contributed by atoms with Gasteiger partial charge >= 0.3 is 6.18 Å². The number of aliphatic imine (C=N–C) groups is 1. The Kier molecular flexibility index (Phi) is 3.02. The van der Waals surface area contributed by atoms with E-state index in [0.717, 1.165) is 6.07 Å². The normalized spacial score (nSPS) is 17.4. The second-order valence-electron chi connectivity index (χ2n) is 4.44. The number of hydrogen-bond acceptors (Lipinski definition) is 4. The molecule has 0 amide bonds. The van der Waals surface area contributed by atoms with Gasteiger partial charge in [0, 0.05) is 5.56 Å². The van der Waals surface area contributed by atoms with Crippen LogP contribution in [-0.2, 0) is 16.5 Å². The van der Waals surface area contributed by atoms with Gasteiger partial charge in [0.05, 0.1) is 5.56 Å². The van der Waals surface area contributed by atoms with Crippen molar-refractivity contribution in [3.05, 3.63) is 23.3 Å². The van der Waals surface area contributed by atoms with E-state index in [-0.39, 0.29) is 12.8 Å². The average molecular weight is 273 g/mol. The van der Waals surface area contributed by atoms with Crippen LogP contribution >= 0.6 is 0 Å². The van der Waals surface area contributed by atoms with E-state index in [0.29, 0.717) is 12.5 Å². The van der Waals surface area contributed by atoms with E-state index in [1.54, 1.807) is 0 Å². The van der Waals surface area contributed by atoms with Crippen LogP contribution in [0.25, 0.3) is 0 Å². The molecule has 2 rings (SSSR count). The Labute approximate surface area is 106 Å². The number of phenolic OH excluding ortho intramolecular Hbond substituents is 2. The molecular formula is C12H10F3NO3. The molecule has 4 nitrogen and oxygen atoms in total. The molecule has 102 valence electrons. The van der Waals surface area contributed by atoms with Crippen molar-refractivity contribution in [3.63, 3.8) is 0 Å². The number of isocyanates is 1. The number of alkyl halides is 3. The van der Waals surface area contributed by atoms with Crippen LogP contribution in [0.2, 0.25) is 0 Å². The summed E-state index contributed by atoms with van der Waals surface area (Å²) in [5.74, 6) is -1.55. The van der Waals surface area contributed by atoms with Gasteiger partial charge in [0.15, 0.2) is 11.5 Å². The van der Waals surface area contributed by atoms with Gasteiger partial charge in [-0.15, -0.1) is 0 Å². The highest BCUT2D eigenvalue weighted by molar-refractivity contribution is 5.55. The van der Waals surface area contributed by atoms with Crippen LogP contribution < -0.4 is 0 Å². The van der Waals surface area contributed by atoms with Crippen LogP contribution in [0.4, 0.5) is 13.2 Å². The zero-order chi connectivity index (χ0) is 14.3. The molecule has 0 aromatic heterocycles. The van der Waals surface area contributed by atoms with Crippen LogP contribution in [-0.4, -0.2) is 16.3 Å². The summed E-state index contributed by atoms with van der Waals surface area (Å²) in [5, 5.41) is 19.1. The number of phenols is 2. The maximum absolute atomic E-state index is 13.0. The monoisotopic (exact) mass is 273 g/mol. The van der Waals surface area contributed by atoms with E-state index in [1.165, 1.54) is 6.08 Å². The largest absolute Gasteiger partial charge is 0.504 e. The van der Waals surface area contributed by atoms with Crippen LogP contribution in [0.3, 0.4) is 0 Å². The minimum atomic E-state index is -4.71. The minimum Gasteiger partial charge on any atom is -0.504 e. The molecular weight excluding hydrogens is 263 g/mol. The van der Waals surface area contributed by atoms with E-state index >= 15 is 0 Å². The van der Waals surface area contributed by atoms with Gasteiger partial charge in [-0.3, -0.25) is 0 Å². The van der Waals surface area contributed by atoms with E-state index in [2.05, 4.69) is 4.99 Å². The lowest BCUT2D eigenvalue weighted by atomic mass is 9.70. The number of hydrogen-bond donors (Lipinski definition) is 2. The van der Waals surface area contributed by atoms with Gasteiger partial charge in [-0.05, 0) is 31.4 Å². The van der Waals surface area contributed by atoms with Gasteiger partial charge < -0.3 is 10.2 Å². The zero-order valence-corrected chi connectivity index (χ0v) is 9.66. The number of rotatable bonds is 2. The zero-order valence-electron chi connectivity index (χ0n) is 9.66. The topological polar surface area (TPSA) is 69.9 Å². The van der Waals surface area contributed by atoms with E-state index in [1.807, 2.05) is 0 Å². The lowest BCUT2D eigenvalue weighted by Crippen LogP contribution is -2.34. The van der Waals surface area contributed by atoms with Crippen LogP contribution in [0.1, 0.15) is 30.4 Å². The Hall–Kier alpha value is -2.01. The fourth-order valence-corrected chi connectivity index (χ4v) is 2.30. The predicted octanol–water partition coefficient (Wildman–Crippen LogP) is 2.83. The third-order valence-corrected chi connectivity index (χ3v) is 3.37. The van der Waals surface area contributed by atoms with Crippen molar-refractivity contribution in [2.45, 2.75) is 31.0 Å². The molecule has 0 heterocycles. The average Bonchev–Trinajstić information content (AvgIpc) is 2.26. The van der Waals surface area contributed by atoms with Crippen molar-refractivity contribution in [1.82, 2.24) is 0 Å². The van der Waals surface area contributed by atoms with Crippen molar-refractivity contribution in [3.8, 4) is 11.5 Å². The van der Waals surface area contributed by atoms with Gasteiger partial charge in [-0.1, -0.05) is 0 Å². The van der Waals surface area contributed by atoms with Crippen LogP contribution in [0.15, 0.2) is 17.1 Å². The summed E-state index contributed by atoms with van der Waals surface area (Å²) < 4.78 is 38.9. The Morgan fingerprint density at radius 1 is 1.26 bits per heavy atom. The molecule has 1 saturated carbocycles. The van der Waals surface area contributed by atoms with Crippen molar-refractivity contribution < 1.29 is 28.2 Å². The molecule has 0 radical (unpaired) electrons. The van der Waals surface area contributed by atoms with E-state index < -0.39 is 34.3 Å². The molecule has 2 N–H and O–H groups in total. The van der Waals surface area contributed by atoms with Gasteiger partial charge in [0.2, 0.25) is 6.08 Å². The molecule has 0 atom stereocenters. The Morgan fingerprint density at radius 2 is 1.89 bits per heavy atom. The van der Waals surface area contributed by atoms with Gasteiger partial charge in [-0.25, -0.2) is 4.79 Å². The second-order valence-corrected chi connectivity index (χ2v) is 4.44. The summed E-state index contributed by atoms with van der Waals surface area (Å²) in [7, 11) is 0. The molecule has 1 aromatic carbocycles. The first kappa shape index (κ1) is 13.4. The van der Waals surface area contributed by atoms with Crippen molar-refractivity contribution in [1.29, 1.82) is 0 Å². The molecule has 1 aromatic rings.